The molecule has 2 amide bonds. The van der Waals surface area contributed by atoms with Crippen LogP contribution in [-0.2, 0) is 0 Å². The van der Waals surface area contributed by atoms with Crippen molar-refractivity contribution in [3.8, 4) is 5.75 Å². The Morgan fingerprint density at radius 2 is 2.32 bits per heavy atom. The number of ether oxygens (including phenoxy) is 1. The highest BCUT2D eigenvalue weighted by Gasteiger charge is 2.25. The molecule has 6 nitrogen and oxygen atoms in total. The zero-order valence-corrected chi connectivity index (χ0v) is 16.9. The van der Waals surface area contributed by atoms with Crippen molar-refractivity contribution in [2.45, 2.75) is 40.0 Å². The van der Waals surface area contributed by atoms with Gasteiger partial charge in [0.25, 0.3) is 0 Å². The maximum atomic E-state index is 12.5. The molecule has 1 saturated heterocycles. The lowest BCUT2D eigenvalue weighted by Crippen LogP contribution is -2.42. The van der Waals surface area contributed by atoms with E-state index in [0.717, 1.165) is 37.2 Å². The number of anilines is 1. The molecule has 1 aromatic heterocycles. The molecule has 0 spiro atoms. The number of aryl methyl sites for hydroxylation is 1. The fourth-order valence-electron chi connectivity index (χ4n) is 3.30. The molecule has 1 aliphatic heterocycles. The van der Waals surface area contributed by atoms with Gasteiger partial charge >= 0.3 is 6.03 Å². The number of aromatic nitrogens is 1. The molecule has 1 fully saturated rings. The van der Waals surface area contributed by atoms with Gasteiger partial charge in [0.1, 0.15) is 11.4 Å². The van der Waals surface area contributed by atoms with E-state index in [2.05, 4.69) is 42.5 Å². The van der Waals surface area contributed by atoms with Crippen LogP contribution in [0.1, 0.15) is 44.4 Å². The molecule has 3 rings (SSSR count). The summed E-state index contributed by atoms with van der Waals surface area (Å²) in [6.45, 7) is 8.24. The molecular weight excluding hydrogens is 354 g/mol. The number of rotatable bonds is 6. The highest BCUT2D eigenvalue weighted by molar-refractivity contribution is 5.89. The molecule has 1 N–H and O–H groups in total. The molecule has 28 heavy (non-hydrogen) atoms. The van der Waals surface area contributed by atoms with Crippen LogP contribution in [0.5, 0.6) is 5.75 Å². The van der Waals surface area contributed by atoms with Crippen molar-refractivity contribution >= 4 is 17.8 Å². The Labute approximate surface area is 166 Å². The van der Waals surface area contributed by atoms with Crippen molar-refractivity contribution in [3.05, 3.63) is 47.4 Å². The van der Waals surface area contributed by atoms with E-state index >= 15 is 0 Å². The molecule has 150 valence electrons. The largest absolute Gasteiger partial charge is 0.494 e. The number of piperidine rings is 1. The smallest absolute Gasteiger partial charge is 0.322 e. The highest BCUT2D eigenvalue weighted by atomic mass is 16.5. The van der Waals surface area contributed by atoms with Crippen molar-refractivity contribution in [2.24, 2.45) is 5.92 Å². The molecule has 0 saturated carbocycles. The Hall–Kier alpha value is -2.76. The normalized spacial score (nSPS) is 18.3. The summed E-state index contributed by atoms with van der Waals surface area (Å²) in [5.74, 6) is 1.82. The summed E-state index contributed by atoms with van der Waals surface area (Å²) in [4.78, 5) is 14.4. The van der Waals surface area contributed by atoms with E-state index in [4.69, 9.17) is 9.26 Å². The maximum Gasteiger partial charge on any atom is 0.322 e. The predicted molar refractivity (Wildman–Crippen MR) is 110 cm³/mol. The fraction of sp³-hybridized carbons (Fsp3) is 0.455. The first kappa shape index (κ1) is 20.0. The van der Waals surface area contributed by atoms with Crippen LogP contribution in [0.3, 0.4) is 0 Å². The first-order chi connectivity index (χ1) is 13.6. The third-order valence-corrected chi connectivity index (χ3v) is 5.05. The Kier molecular flexibility index (Phi) is 6.74. The van der Waals surface area contributed by atoms with Gasteiger partial charge in [0.2, 0.25) is 0 Å². The lowest BCUT2D eigenvalue weighted by Gasteiger charge is -2.33. The summed E-state index contributed by atoms with van der Waals surface area (Å²) in [5, 5.41) is 6.57. The number of nitrogens with zero attached hydrogens (tertiary/aromatic N) is 2. The predicted octanol–water partition coefficient (Wildman–Crippen LogP) is 5.12. The fourth-order valence-corrected chi connectivity index (χ4v) is 3.30. The van der Waals surface area contributed by atoms with Crippen LogP contribution in [-0.4, -0.2) is 35.8 Å². The summed E-state index contributed by atoms with van der Waals surface area (Å²) < 4.78 is 10.8. The van der Waals surface area contributed by atoms with Gasteiger partial charge in [-0.2, -0.15) is 0 Å². The van der Waals surface area contributed by atoms with Gasteiger partial charge in [-0.3, -0.25) is 0 Å². The summed E-state index contributed by atoms with van der Waals surface area (Å²) in [6.07, 6.45) is 6.81. The average molecular weight is 383 g/mol. The summed E-state index contributed by atoms with van der Waals surface area (Å²) in [5.41, 5.74) is 3.13. The van der Waals surface area contributed by atoms with Gasteiger partial charge in [-0.05, 0) is 43.4 Å². The Bertz CT molecular complexity index is 828. The number of carbonyl (C=O) groups is 1. The van der Waals surface area contributed by atoms with Crippen molar-refractivity contribution in [3.63, 3.8) is 0 Å². The minimum Gasteiger partial charge on any atom is -0.494 e. The van der Waals surface area contributed by atoms with Gasteiger partial charge in [0.05, 0.1) is 12.8 Å². The van der Waals surface area contributed by atoms with E-state index in [9.17, 15) is 4.79 Å². The molecular formula is C22H29N3O3. The molecule has 1 aromatic carbocycles. The average Bonchev–Trinajstić information content (AvgIpc) is 3.08. The van der Waals surface area contributed by atoms with E-state index in [1.165, 1.54) is 11.8 Å². The van der Waals surface area contributed by atoms with Crippen LogP contribution < -0.4 is 10.1 Å². The lowest BCUT2D eigenvalue weighted by molar-refractivity contribution is 0.197. The van der Waals surface area contributed by atoms with Gasteiger partial charge < -0.3 is 19.5 Å². The van der Waals surface area contributed by atoms with Crippen LogP contribution >= 0.6 is 0 Å². The molecule has 2 heterocycles. The Morgan fingerprint density at radius 3 is 3.04 bits per heavy atom. The molecule has 0 bridgehead atoms. The summed E-state index contributed by atoms with van der Waals surface area (Å²) in [6, 6.07) is 8.11. The van der Waals surface area contributed by atoms with Gasteiger partial charge in [0.15, 0.2) is 5.76 Å². The number of hydrogen-bond acceptors (Lipinski definition) is 4. The highest BCUT2D eigenvalue weighted by Crippen LogP contribution is 2.27. The molecule has 2 aromatic rings. The van der Waals surface area contributed by atoms with Crippen LogP contribution in [0, 0.1) is 12.8 Å². The first-order valence-corrected chi connectivity index (χ1v) is 9.97. The van der Waals surface area contributed by atoms with Crippen molar-refractivity contribution in [1.82, 2.24) is 10.1 Å². The number of urea groups is 1. The SMILES string of the molecule is CCCCOc1cccc(/C=C2\CCN(C(=O)Nc3cnoc3C)CC2C)c1. The molecule has 0 radical (unpaired) electrons. The van der Waals surface area contributed by atoms with Crippen LogP contribution in [0.15, 0.2) is 40.6 Å². The molecule has 6 heteroatoms. The van der Waals surface area contributed by atoms with Crippen LogP contribution in [0.2, 0.25) is 0 Å². The first-order valence-electron chi connectivity index (χ1n) is 9.97. The topological polar surface area (TPSA) is 67.6 Å². The van der Waals surface area contributed by atoms with E-state index in [-0.39, 0.29) is 6.03 Å². The zero-order chi connectivity index (χ0) is 19.9. The third kappa shape index (κ3) is 5.15. The van der Waals surface area contributed by atoms with Gasteiger partial charge in [-0.25, -0.2) is 4.79 Å². The zero-order valence-electron chi connectivity index (χ0n) is 16.9. The Morgan fingerprint density at radius 1 is 1.46 bits per heavy atom. The number of amides is 2. The molecule has 1 unspecified atom stereocenters. The Balaban J connectivity index is 1.59. The monoisotopic (exact) mass is 383 g/mol. The number of nitrogens with one attached hydrogen (secondary N) is 1. The third-order valence-electron chi connectivity index (χ3n) is 5.05. The number of benzene rings is 1. The van der Waals surface area contributed by atoms with Crippen molar-refractivity contribution in [1.29, 1.82) is 0 Å². The number of carbonyl (C=O) groups excluding carboxylic acids is 1. The van der Waals surface area contributed by atoms with Crippen molar-refractivity contribution < 1.29 is 14.1 Å². The number of likely N-dealkylation sites (tertiary alicyclic amines) is 1. The second-order valence-corrected chi connectivity index (χ2v) is 7.32. The summed E-state index contributed by atoms with van der Waals surface area (Å²) >= 11 is 0. The second kappa shape index (κ2) is 9.44. The number of unbranched alkanes of at least 4 members (excludes halogenated alkanes) is 1. The van der Waals surface area contributed by atoms with Gasteiger partial charge in [-0.1, -0.05) is 49.2 Å². The summed E-state index contributed by atoms with van der Waals surface area (Å²) in [7, 11) is 0. The molecule has 1 aliphatic rings. The molecule has 0 aliphatic carbocycles. The maximum absolute atomic E-state index is 12.5. The van der Waals surface area contributed by atoms with E-state index in [0.29, 0.717) is 30.5 Å². The number of hydrogen-bond donors (Lipinski definition) is 1. The standard InChI is InChI=1S/C22H29N3O3/c1-4-5-11-27-20-8-6-7-18(13-20)12-19-9-10-25(15-16(19)2)22(26)24-21-14-23-28-17(21)3/h6-8,12-14,16H,4-5,9-11,15H2,1-3H3,(H,24,26)/b19-12+. The van der Waals surface area contributed by atoms with Crippen LogP contribution in [0.25, 0.3) is 6.08 Å². The van der Waals surface area contributed by atoms with Gasteiger partial charge in [0, 0.05) is 13.1 Å². The van der Waals surface area contributed by atoms with E-state index < -0.39 is 0 Å². The van der Waals surface area contributed by atoms with E-state index in [1.807, 2.05) is 17.0 Å². The van der Waals surface area contributed by atoms with Gasteiger partial charge in [-0.15, -0.1) is 0 Å². The van der Waals surface area contributed by atoms with Crippen LogP contribution in [0.4, 0.5) is 10.5 Å². The van der Waals surface area contributed by atoms with E-state index in [1.54, 1.807) is 6.92 Å². The lowest BCUT2D eigenvalue weighted by atomic mass is 9.91. The molecule has 1 atom stereocenters. The minimum atomic E-state index is -0.108. The van der Waals surface area contributed by atoms with Crippen molar-refractivity contribution in [2.75, 3.05) is 25.0 Å². The second-order valence-electron chi connectivity index (χ2n) is 7.32. The quantitative estimate of drug-likeness (QED) is 0.703. The minimum absolute atomic E-state index is 0.108.